The molecule has 0 radical (unpaired) electrons. The Morgan fingerprint density at radius 3 is 2.81 bits per heavy atom. The summed E-state index contributed by atoms with van der Waals surface area (Å²) in [6.45, 7) is 1.96. The molecule has 1 fully saturated rings. The predicted molar refractivity (Wildman–Crippen MR) is 94.4 cm³/mol. The molecule has 0 saturated carbocycles. The first-order chi connectivity index (χ1) is 10.1. The van der Waals surface area contributed by atoms with Crippen molar-refractivity contribution in [1.82, 2.24) is 5.32 Å². The van der Waals surface area contributed by atoms with Crippen molar-refractivity contribution in [1.29, 1.82) is 0 Å². The van der Waals surface area contributed by atoms with Gasteiger partial charge in [0.05, 0.1) is 9.47 Å². The third-order valence-electron chi connectivity index (χ3n) is 3.13. The number of nitrogens with one attached hydrogen (secondary N) is 1. The number of aryl methyl sites for hydroxylation is 1. The Morgan fingerprint density at radius 2 is 2.14 bits per heavy atom. The molecule has 0 bridgehead atoms. The lowest BCUT2D eigenvalue weighted by molar-refractivity contribution is -0.113. The Hall–Kier alpha value is -1.50. The molecule has 1 saturated heterocycles. The highest BCUT2D eigenvalue weighted by Gasteiger charge is 2.32. The van der Waals surface area contributed by atoms with Crippen LogP contribution in [0, 0.1) is 6.92 Å². The fraction of sp³-hybridized carbons (Fsp3) is 0.0667. The van der Waals surface area contributed by atoms with E-state index in [1.807, 2.05) is 48.7 Å². The Labute approximate surface area is 140 Å². The monoisotopic (exact) mass is 378 g/mol. The van der Waals surface area contributed by atoms with Gasteiger partial charge in [0, 0.05) is 0 Å². The van der Waals surface area contributed by atoms with Crippen molar-refractivity contribution in [2.24, 2.45) is 0 Å². The van der Waals surface area contributed by atoms with Crippen molar-refractivity contribution in [3.05, 3.63) is 56.3 Å². The average molecular weight is 379 g/mol. The largest absolute Gasteiger partial charge is 0.327 e. The summed E-state index contributed by atoms with van der Waals surface area (Å²) in [4.78, 5) is 14.1. The molecule has 0 aliphatic carbocycles. The summed E-state index contributed by atoms with van der Waals surface area (Å²) in [5.41, 5.74) is 3.29. The van der Waals surface area contributed by atoms with Crippen molar-refractivity contribution < 1.29 is 4.79 Å². The number of carbonyl (C=O) groups is 1. The maximum Gasteiger partial charge on any atom is 0.281 e. The number of nitrogens with zero attached hydrogens (tertiary/aromatic N) is 1. The minimum absolute atomic E-state index is 0.128. The Morgan fingerprint density at radius 1 is 1.38 bits per heavy atom. The first-order valence-electron chi connectivity index (χ1n) is 6.23. The third kappa shape index (κ3) is 2.79. The molecule has 6 heteroatoms. The van der Waals surface area contributed by atoms with Gasteiger partial charge in [0.2, 0.25) is 0 Å². The van der Waals surface area contributed by atoms with Crippen LogP contribution in [0.2, 0.25) is 0 Å². The number of para-hydroxylation sites is 1. The van der Waals surface area contributed by atoms with Crippen LogP contribution in [0.4, 0.5) is 5.69 Å². The van der Waals surface area contributed by atoms with E-state index in [9.17, 15) is 4.79 Å². The summed E-state index contributed by atoms with van der Waals surface area (Å²) in [5.74, 6) is -0.128. The smallest absolute Gasteiger partial charge is 0.281 e. The predicted octanol–water partition coefficient (Wildman–Crippen LogP) is 4.08. The molecule has 2 heterocycles. The zero-order valence-corrected chi connectivity index (χ0v) is 14.3. The van der Waals surface area contributed by atoms with Gasteiger partial charge < -0.3 is 5.32 Å². The molecule has 3 nitrogen and oxygen atoms in total. The van der Waals surface area contributed by atoms with Crippen molar-refractivity contribution in [2.75, 3.05) is 4.90 Å². The fourth-order valence-electron chi connectivity index (χ4n) is 2.13. The average Bonchev–Trinajstić information content (AvgIpc) is 2.96. The first kappa shape index (κ1) is 14.4. The summed E-state index contributed by atoms with van der Waals surface area (Å²) >= 11 is 10.3. The lowest BCUT2D eigenvalue weighted by Gasteiger charge is -2.16. The number of anilines is 1. The van der Waals surface area contributed by atoms with Crippen LogP contribution < -0.4 is 10.2 Å². The second-order valence-electron chi connectivity index (χ2n) is 4.60. The number of benzene rings is 1. The highest BCUT2D eigenvalue weighted by molar-refractivity contribution is 9.11. The Bertz CT molecular complexity index is 767. The van der Waals surface area contributed by atoms with E-state index in [1.54, 1.807) is 11.3 Å². The molecule has 2 aromatic rings. The van der Waals surface area contributed by atoms with E-state index in [-0.39, 0.29) is 5.91 Å². The fourth-order valence-corrected chi connectivity index (χ4v) is 3.56. The quantitative estimate of drug-likeness (QED) is 0.631. The molecule has 0 spiro atoms. The van der Waals surface area contributed by atoms with Crippen LogP contribution in [0.5, 0.6) is 0 Å². The van der Waals surface area contributed by atoms with E-state index in [4.69, 9.17) is 12.2 Å². The minimum atomic E-state index is -0.128. The molecule has 1 aliphatic rings. The number of thiophene rings is 1. The number of rotatable bonds is 2. The minimum Gasteiger partial charge on any atom is -0.327 e. The Balaban J connectivity index is 1.96. The molecule has 3 rings (SSSR count). The van der Waals surface area contributed by atoms with Gasteiger partial charge in [0.15, 0.2) is 5.11 Å². The van der Waals surface area contributed by atoms with Gasteiger partial charge in [-0.05, 0) is 69.8 Å². The molecular formula is C15H11BrN2OS2. The molecular weight excluding hydrogens is 368 g/mol. The van der Waals surface area contributed by atoms with Crippen LogP contribution in [0.15, 0.2) is 45.2 Å². The standard InChI is InChI=1S/C15H11BrN2OS2/c1-9-4-2-3-5-12(9)18-14(19)11(17-15(18)20)6-10-7-13(16)21-8-10/h2-8H,1H3,(H,17,20). The van der Waals surface area contributed by atoms with Crippen LogP contribution in [0.25, 0.3) is 6.08 Å². The molecule has 1 aromatic carbocycles. The highest BCUT2D eigenvalue weighted by Crippen LogP contribution is 2.27. The van der Waals surface area contributed by atoms with Gasteiger partial charge in [0.25, 0.3) is 5.91 Å². The maximum atomic E-state index is 12.6. The van der Waals surface area contributed by atoms with Crippen molar-refractivity contribution in [2.45, 2.75) is 6.92 Å². The van der Waals surface area contributed by atoms with Crippen LogP contribution >= 0.6 is 39.5 Å². The molecule has 0 atom stereocenters. The lowest BCUT2D eigenvalue weighted by Crippen LogP contribution is -2.30. The molecule has 1 aliphatic heterocycles. The van der Waals surface area contributed by atoms with E-state index in [0.717, 1.165) is 20.6 Å². The summed E-state index contributed by atoms with van der Waals surface area (Å²) in [5, 5.41) is 5.39. The normalized spacial score (nSPS) is 16.7. The number of thiocarbonyl (C=S) groups is 1. The van der Waals surface area contributed by atoms with Gasteiger partial charge in [-0.25, -0.2) is 0 Å². The lowest BCUT2D eigenvalue weighted by atomic mass is 10.2. The van der Waals surface area contributed by atoms with Crippen LogP contribution in [-0.2, 0) is 4.79 Å². The van der Waals surface area contributed by atoms with Crippen molar-refractivity contribution >= 4 is 62.3 Å². The molecule has 1 aromatic heterocycles. The third-order valence-corrected chi connectivity index (χ3v) is 4.94. The summed E-state index contributed by atoms with van der Waals surface area (Å²) in [6.07, 6.45) is 1.81. The van der Waals surface area contributed by atoms with Gasteiger partial charge in [-0.15, -0.1) is 11.3 Å². The van der Waals surface area contributed by atoms with E-state index < -0.39 is 0 Å². The molecule has 0 unspecified atom stereocenters. The number of halogens is 1. The first-order valence-corrected chi connectivity index (χ1v) is 8.31. The molecule has 21 heavy (non-hydrogen) atoms. The van der Waals surface area contributed by atoms with E-state index in [2.05, 4.69) is 21.2 Å². The Kier molecular flexibility index (Phi) is 3.93. The zero-order chi connectivity index (χ0) is 15.0. The number of hydrogen-bond donors (Lipinski definition) is 1. The van der Waals surface area contributed by atoms with Gasteiger partial charge in [-0.1, -0.05) is 18.2 Å². The van der Waals surface area contributed by atoms with E-state index in [1.165, 1.54) is 4.90 Å². The summed E-state index contributed by atoms with van der Waals surface area (Å²) in [6, 6.07) is 9.66. The maximum absolute atomic E-state index is 12.6. The summed E-state index contributed by atoms with van der Waals surface area (Å²) in [7, 11) is 0. The number of amides is 1. The van der Waals surface area contributed by atoms with Crippen LogP contribution in [-0.4, -0.2) is 11.0 Å². The van der Waals surface area contributed by atoms with Crippen molar-refractivity contribution in [3.8, 4) is 0 Å². The van der Waals surface area contributed by atoms with Gasteiger partial charge in [-0.2, -0.15) is 0 Å². The SMILES string of the molecule is Cc1ccccc1N1C(=O)C(=Cc2csc(Br)c2)NC1=S. The molecule has 1 N–H and O–H groups in total. The number of hydrogen-bond acceptors (Lipinski definition) is 3. The van der Waals surface area contributed by atoms with Gasteiger partial charge in [0.1, 0.15) is 5.70 Å². The number of carbonyl (C=O) groups excluding carboxylic acids is 1. The molecule has 106 valence electrons. The van der Waals surface area contributed by atoms with Crippen molar-refractivity contribution in [3.63, 3.8) is 0 Å². The van der Waals surface area contributed by atoms with Gasteiger partial charge >= 0.3 is 0 Å². The second kappa shape index (κ2) is 5.71. The topological polar surface area (TPSA) is 32.3 Å². The van der Waals surface area contributed by atoms with Crippen LogP contribution in [0.1, 0.15) is 11.1 Å². The summed E-state index contributed by atoms with van der Waals surface area (Å²) < 4.78 is 1.03. The van der Waals surface area contributed by atoms with Gasteiger partial charge in [-0.3, -0.25) is 9.69 Å². The van der Waals surface area contributed by atoms with E-state index in [0.29, 0.717) is 10.8 Å². The molecule has 1 amide bonds. The van der Waals surface area contributed by atoms with E-state index >= 15 is 0 Å². The zero-order valence-electron chi connectivity index (χ0n) is 11.1. The van der Waals surface area contributed by atoms with Crippen LogP contribution in [0.3, 0.4) is 0 Å². The second-order valence-corrected chi connectivity index (χ2v) is 7.28. The highest BCUT2D eigenvalue weighted by atomic mass is 79.9.